The number of methoxy groups -OCH3 is 1. The molecule has 17 heteroatoms. The average molecular weight is 512 g/mol. The number of halogens is 1. The molecule has 176 valence electrons. The summed E-state index contributed by atoms with van der Waals surface area (Å²) >= 11 is 6.37. The van der Waals surface area contributed by atoms with Crippen molar-refractivity contribution in [2.75, 3.05) is 24.9 Å². The number of carbonyl (C=O) groups is 4. The number of hydrogen-bond donors (Lipinski definition) is 3. The summed E-state index contributed by atoms with van der Waals surface area (Å²) in [5.74, 6) is -4.35. The molecule has 3 N–H and O–H groups in total. The van der Waals surface area contributed by atoms with Crippen molar-refractivity contribution < 1.29 is 41.7 Å². The summed E-state index contributed by atoms with van der Waals surface area (Å²) in [5, 5.41) is 9.71. The summed E-state index contributed by atoms with van der Waals surface area (Å²) in [4.78, 5) is 57.3. The lowest BCUT2D eigenvalue weighted by atomic mass is 9.98. The minimum atomic E-state index is -5.07. The number of β-lactam (4-membered cyclic amide) rings is 1. The van der Waals surface area contributed by atoms with E-state index < -0.39 is 51.8 Å². The largest absolute Gasteiger partial charge is 0.467 e. The third-order valence-corrected chi connectivity index (χ3v) is 5.72. The molecule has 1 saturated heterocycles. The smallest absolute Gasteiger partial charge is 0.363 e. The first-order valence-electron chi connectivity index (χ1n) is 8.76. The number of nitrogens with one attached hydrogen (secondary N) is 2. The van der Waals surface area contributed by atoms with Gasteiger partial charge in [0.25, 0.3) is 11.8 Å². The van der Waals surface area contributed by atoms with Crippen LogP contribution in [0.5, 0.6) is 0 Å². The van der Waals surface area contributed by atoms with Crippen LogP contribution in [-0.4, -0.2) is 83.3 Å². The van der Waals surface area contributed by atoms with Crippen LogP contribution in [0.2, 0.25) is 0 Å². The SMILES string of the molecule is CCCON=C(C(=O)N[C@@H]1C(=O)N(S(=O)(=O)O)[C@@H]1C(=O)OC)c1csc(NC(=O)CCl)n1. The van der Waals surface area contributed by atoms with Crippen LogP contribution in [0.25, 0.3) is 0 Å². The molecule has 1 fully saturated rings. The molecule has 1 aliphatic heterocycles. The molecule has 14 nitrogen and oxygen atoms in total. The van der Waals surface area contributed by atoms with Gasteiger partial charge in [-0.3, -0.25) is 18.9 Å². The van der Waals surface area contributed by atoms with Crippen LogP contribution in [0, 0.1) is 0 Å². The predicted molar refractivity (Wildman–Crippen MR) is 110 cm³/mol. The number of rotatable bonds is 10. The number of oxime groups is 1. The van der Waals surface area contributed by atoms with E-state index in [-0.39, 0.29) is 27.6 Å². The zero-order chi connectivity index (χ0) is 24.1. The van der Waals surface area contributed by atoms with Gasteiger partial charge in [0.05, 0.1) is 7.11 Å². The van der Waals surface area contributed by atoms with Gasteiger partial charge in [0, 0.05) is 5.38 Å². The minimum Gasteiger partial charge on any atom is -0.467 e. The van der Waals surface area contributed by atoms with Gasteiger partial charge < -0.3 is 20.2 Å². The van der Waals surface area contributed by atoms with Gasteiger partial charge in [0.2, 0.25) is 5.91 Å². The third-order valence-electron chi connectivity index (χ3n) is 3.81. The molecular formula is C15H18ClN5O9S2. The van der Waals surface area contributed by atoms with Gasteiger partial charge in [-0.15, -0.1) is 22.9 Å². The van der Waals surface area contributed by atoms with Crippen LogP contribution in [0.1, 0.15) is 19.0 Å². The fourth-order valence-electron chi connectivity index (χ4n) is 2.42. The van der Waals surface area contributed by atoms with E-state index >= 15 is 0 Å². The van der Waals surface area contributed by atoms with Crippen LogP contribution in [0.3, 0.4) is 0 Å². The average Bonchev–Trinajstić information content (AvgIpc) is 3.19. The standard InChI is InChI=1S/C15H18ClN5O9S2/c1-3-4-30-20-9(7-6-31-15(17-7)18-8(22)5-16)12(23)19-10-11(14(25)29-2)21(13(10)24)32(26,27)28/h6,10-11H,3-5H2,1-2H3,(H,19,23)(H,17,18,22)(H,26,27,28)/t10-,11-/m0/s1. The molecule has 1 aromatic heterocycles. The molecule has 3 amide bonds. The number of amides is 3. The maximum absolute atomic E-state index is 12.8. The molecule has 1 aliphatic rings. The zero-order valence-corrected chi connectivity index (χ0v) is 19.0. The lowest BCUT2D eigenvalue weighted by molar-refractivity contribution is -0.162. The second kappa shape index (κ2) is 10.7. The van der Waals surface area contributed by atoms with Crippen LogP contribution >= 0.6 is 22.9 Å². The highest BCUT2D eigenvalue weighted by Crippen LogP contribution is 2.25. The van der Waals surface area contributed by atoms with Crippen LogP contribution < -0.4 is 10.6 Å². The van der Waals surface area contributed by atoms with Crippen molar-refractivity contribution in [3.8, 4) is 0 Å². The first-order chi connectivity index (χ1) is 15.0. The normalized spacial score (nSPS) is 18.6. The van der Waals surface area contributed by atoms with Crippen molar-refractivity contribution in [1.82, 2.24) is 14.6 Å². The van der Waals surface area contributed by atoms with Crippen molar-refractivity contribution in [1.29, 1.82) is 0 Å². The van der Waals surface area contributed by atoms with E-state index in [1.807, 2.05) is 0 Å². The Morgan fingerprint density at radius 3 is 2.66 bits per heavy atom. The van der Waals surface area contributed by atoms with Crippen molar-refractivity contribution in [3.05, 3.63) is 11.1 Å². The summed E-state index contributed by atoms with van der Waals surface area (Å²) in [6.07, 6.45) is 0.557. The Morgan fingerprint density at radius 2 is 2.09 bits per heavy atom. The van der Waals surface area contributed by atoms with Crippen LogP contribution in [0.15, 0.2) is 10.5 Å². The van der Waals surface area contributed by atoms with Gasteiger partial charge in [-0.2, -0.15) is 12.7 Å². The van der Waals surface area contributed by atoms with E-state index in [1.165, 1.54) is 5.38 Å². The summed E-state index contributed by atoms with van der Waals surface area (Å²) in [7, 11) is -4.14. The first-order valence-corrected chi connectivity index (χ1v) is 11.6. The number of carbonyl (C=O) groups excluding carboxylic acids is 4. The monoisotopic (exact) mass is 511 g/mol. The van der Waals surface area contributed by atoms with Gasteiger partial charge in [-0.05, 0) is 6.42 Å². The van der Waals surface area contributed by atoms with Crippen molar-refractivity contribution in [2.45, 2.75) is 25.4 Å². The highest BCUT2D eigenvalue weighted by Gasteiger charge is 2.58. The Kier molecular flexibility index (Phi) is 8.48. The van der Waals surface area contributed by atoms with Crippen molar-refractivity contribution in [2.24, 2.45) is 5.16 Å². The molecular weight excluding hydrogens is 494 g/mol. The lowest BCUT2D eigenvalue weighted by Crippen LogP contribution is -2.74. The van der Waals surface area contributed by atoms with Gasteiger partial charge in [-0.25, -0.2) is 9.78 Å². The Hall–Kier alpha value is -2.82. The maximum atomic E-state index is 12.8. The van der Waals surface area contributed by atoms with Gasteiger partial charge in [0.15, 0.2) is 16.9 Å². The molecule has 2 atom stereocenters. The highest BCUT2D eigenvalue weighted by atomic mass is 35.5. The minimum absolute atomic E-state index is 0.0403. The molecule has 0 aromatic carbocycles. The van der Waals surface area contributed by atoms with E-state index in [4.69, 9.17) is 21.0 Å². The Labute approximate surface area is 190 Å². The van der Waals surface area contributed by atoms with Gasteiger partial charge in [0.1, 0.15) is 24.2 Å². The number of hydrogen-bond acceptors (Lipinski definition) is 11. The molecule has 2 rings (SSSR count). The third kappa shape index (κ3) is 5.70. The first kappa shape index (κ1) is 25.4. The number of alkyl halides is 1. The zero-order valence-electron chi connectivity index (χ0n) is 16.6. The summed E-state index contributed by atoms with van der Waals surface area (Å²) in [6, 6.07) is -3.49. The number of ether oxygens (including phenoxy) is 1. The number of aromatic nitrogens is 1. The van der Waals surface area contributed by atoms with Crippen LogP contribution in [0.4, 0.5) is 5.13 Å². The van der Waals surface area contributed by atoms with E-state index in [9.17, 15) is 27.6 Å². The molecule has 0 saturated carbocycles. The fourth-order valence-corrected chi connectivity index (χ4v) is 4.04. The fraction of sp³-hybridized carbons (Fsp3) is 0.467. The van der Waals surface area contributed by atoms with Crippen molar-refractivity contribution in [3.63, 3.8) is 0 Å². The molecule has 1 aromatic rings. The Bertz CT molecular complexity index is 1040. The molecule has 0 spiro atoms. The van der Waals surface area contributed by atoms with E-state index in [0.29, 0.717) is 6.42 Å². The van der Waals surface area contributed by atoms with Crippen LogP contribution in [-0.2, 0) is 39.1 Å². The molecule has 0 radical (unpaired) electrons. The topological polar surface area (TPSA) is 194 Å². The summed E-state index contributed by atoms with van der Waals surface area (Å²) in [6.45, 7) is 1.93. The van der Waals surface area contributed by atoms with Gasteiger partial charge >= 0.3 is 16.3 Å². The molecule has 32 heavy (non-hydrogen) atoms. The van der Waals surface area contributed by atoms with E-state index in [2.05, 4.69) is 25.5 Å². The van der Waals surface area contributed by atoms with Gasteiger partial charge in [-0.1, -0.05) is 12.1 Å². The highest BCUT2D eigenvalue weighted by molar-refractivity contribution is 7.84. The number of esters is 1. The molecule has 2 heterocycles. The number of nitrogens with zero attached hydrogens (tertiary/aromatic N) is 3. The number of thiazole rings is 1. The maximum Gasteiger partial charge on any atom is 0.363 e. The second-order valence-electron chi connectivity index (χ2n) is 6.02. The predicted octanol–water partition coefficient (Wildman–Crippen LogP) is -0.877. The van der Waals surface area contributed by atoms with E-state index in [0.717, 1.165) is 18.4 Å². The number of anilines is 1. The molecule has 0 bridgehead atoms. The van der Waals surface area contributed by atoms with Crippen molar-refractivity contribution >= 4 is 67.8 Å². The quantitative estimate of drug-likeness (QED) is 0.0675. The Balaban J connectivity index is 2.29. The molecule has 0 unspecified atom stereocenters. The van der Waals surface area contributed by atoms with E-state index in [1.54, 1.807) is 6.92 Å². The second-order valence-corrected chi connectivity index (χ2v) is 8.44. The Morgan fingerprint density at radius 1 is 1.41 bits per heavy atom. The lowest BCUT2D eigenvalue weighted by Gasteiger charge is -2.41. The molecule has 0 aliphatic carbocycles. The summed E-state index contributed by atoms with van der Waals surface area (Å²) < 4.78 is 36.2. The summed E-state index contributed by atoms with van der Waals surface area (Å²) in [5.41, 5.74) is -0.454.